The van der Waals surface area contributed by atoms with Crippen molar-refractivity contribution in [3.63, 3.8) is 0 Å². The van der Waals surface area contributed by atoms with Gasteiger partial charge in [-0.3, -0.25) is 4.98 Å². The van der Waals surface area contributed by atoms with E-state index >= 15 is 0 Å². The van der Waals surface area contributed by atoms with Crippen LogP contribution >= 0.6 is 0 Å². The lowest BCUT2D eigenvalue weighted by atomic mass is 9.97. The quantitative estimate of drug-likeness (QED) is 0.206. The fourth-order valence-electron chi connectivity index (χ4n) is 7.06. The van der Waals surface area contributed by atoms with E-state index in [2.05, 4.69) is 154 Å². The molecule has 0 aliphatic carbocycles. The van der Waals surface area contributed by atoms with Gasteiger partial charge >= 0.3 is 0 Å². The average molecular weight is 587 g/mol. The molecule has 0 saturated carbocycles. The highest BCUT2D eigenvalue weighted by Crippen LogP contribution is 2.42. The molecule has 0 unspecified atom stereocenters. The van der Waals surface area contributed by atoms with Crippen LogP contribution in [0.5, 0.6) is 0 Å². The van der Waals surface area contributed by atoms with Crippen LogP contribution in [0.3, 0.4) is 0 Å². The van der Waals surface area contributed by atoms with Crippen LogP contribution in [0.15, 0.2) is 158 Å². The molecular weight excluding hydrogens is 560 g/mol. The zero-order valence-electron chi connectivity index (χ0n) is 24.8. The van der Waals surface area contributed by atoms with Crippen molar-refractivity contribution in [1.29, 1.82) is 5.26 Å². The third kappa shape index (κ3) is 3.89. The summed E-state index contributed by atoms with van der Waals surface area (Å²) in [7, 11) is 0. The number of pyridine rings is 1. The predicted octanol–water partition coefficient (Wildman–Crippen LogP) is 10.5. The van der Waals surface area contributed by atoms with E-state index in [1.165, 1.54) is 32.6 Å². The number of benzene rings is 6. The summed E-state index contributed by atoms with van der Waals surface area (Å²) in [5.74, 6) is 0. The van der Waals surface area contributed by atoms with Gasteiger partial charge < -0.3 is 9.13 Å². The highest BCUT2D eigenvalue weighted by Gasteiger charge is 2.20. The molecule has 0 spiro atoms. The van der Waals surface area contributed by atoms with E-state index in [4.69, 9.17) is 0 Å². The maximum Gasteiger partial charge on any atom is 0.101 e. The van der Waals surface area contributed by atoms with Gasteiger partial charge in [-0.1, -0.05) is 91.0 Å². The molecule has 0 N–H and O–H groups in total. The topological polar surface area (TPSA) is 46.5 Å². The standard InChI is InChI=1S/C42H26N4/c43-26-31-27-44-23-22-34(31)30-12-8-10-28(24-30)29-11-9-15-33(25-29)45-39-19-7-5-17-37(39)41-40(45)21-20-36-35-16-4-6-18-38(35)46(42(36)41)32-13-2-1-3-14-32/h1-25,27H. The third-order valence-electron chi connectivity index (χ3n) is 9.04. The van der Waals surface area contributed by atoms with Crippen molar-refractivity contribution >= 4 is 43.6 Å². The van der Waals surface area contributed by atoms with E-state index < -0.39 is 0 Å². The van der Waals surface area contributed by atoms with Crippen molar-refractivity contribution in [1.82, 2.24) is 14.1 Å². The highest BCUT2D eigenvalue weighted by atomic mass is 15.0. The van der Waals surface area contributed by atoms with Crippen molar-refractivity contribution in [2.75, 3.05) is 0 Å². The second-order valence-electron chi connectivity index (χ2n) is 11.6. The van der Waals surface area contributed by atoms with Crippen LogP contribution in [0, 0.1) is 11.3 Å². The number of rotatable bonds is 4. The predicted molar refractivity (Wildman–Crippen MR) is 189 cm³/mol. The molecule has 6 aromatic carbocycles. The van der Waals surface area contributed by atoms with Crippen LogP contribution in [0.25, 0.3) is 77.2 Å². The van der Waals surface area contributed by atoms with Crippen LogP contribution < -0.4 is 0 Å². The summed E-state index contributed by atoms with van der Waals surface area (Å²) in [4.78, 5) is 4.14. The fraction of sp³-hybridized carbons (Fsp3) is 0. The van der Waals surface area contributed by atoms with Crippen LogP contribution in [-0.4, -0.2) is 14.1 Å². The van der Waals surface area contributed by atoms with Crippen molar-refractivity contribution in [3.05, 3.63) is 164 Å². The van der Waals surface area contributed by atoms with Crippen LogP contribution in [0.4, 0.5) is 0 Å². The number of nitrogens with zero attached hydrogens (tertiary/aromatic N) is 4. The Labute approximate surface area is 265 Å². The van der Waals surface area contributed by atoms with Crippen LogP contribution in [-0.2, 0) is 0 Å². The summed E-state index contributed by atoms with van der Waals surface area (Å²) < 4.78 is 4.81. The van der Waals surface area contributed by atoms with Crippen molar-refractivity contribution in [2.24, 2.45) is 0 Å². The molecule has 0 atom stereocenters. The Bertz CT molecular complexity index is 2650. The molecule has 9 aromatic rings. The lowest BCUT2D eigenvalue weighted by Crippen LogP contribution is -1.95. The second kappa shape index (κ2) is 10.3. The largest absolute Gasteiger partial charge is 0.309 e. The molecule has 46 heavy (non-hydrogen) atoms. The maximum absolute atomic E-state index is 9.68. The van der Waals surface area contributed by atoms with Crippen molar-refractivity contribution in [2.45, 2.75) is 0 Å². The van der Waals surface area contributed by atoms with Gasteiger partial charge in [0.15, 0.2) is 0 Å². The molecule has 0 bridgehead atoms. The summed E-state index contributed by atoms with van der Waals surface area (Å²) in [5, 5.41) is 14.6. The zero-order chi connectivity index (χ0) is 30.6. The van der Waals surface area contributed by atoms with Gasteiger partial charge in [0.05, 0.1) is 27.6 Å². The first-order chi connectivity index (χ1) is 22.8. The number of fused-ring (bicyclic) bond motifs is 7. The van der Waals surface area contributed by atoms with Gasteiger partial charge in [0, 0.05) is 50.9 Å². The Hall–Kier alpha value is -6.44. The summed E-state index contributed by atoms with van der Waals surface area (Å²) in [5.41, 5.74) is 11.6. The fourth-order valence-corrected chi connectivity index (χ4v) is 7.06. The summed E-state index contributed by atoms with van der Waals surface area (Å²) in [6.07, 6.45) is 3.36. The lowest BCUT2D eigenvalue weighted by molar-refractivity contribution is 1.17. The Morgan fingerprint density at radius 3 is 2.00 bits per heavy atom. The van der Waals surface area contributed by atoms with E-state index in [0.29, 0.717) is 5.56 Å². The van der Waals surface area contributed by atoms with Gasteiger partial charge in [-0.15, -0.1) is 0 Å². The minimum absolute atomic E-state index is 0.568. The molecule has 0 amide bonds. The molecule has 0 saturated heterocycles. The summed E-state index contributed by atoms with van der Waals surface area (Å²) in [6, 6.07) is 53.9. The molecule has 4 nitrogen and oxygen atoms in total. The molecule has 214 valence electrons. The smallest absolute Gasteiger partial charge is 0.101 e. The first kappa shape index (κ1) is 26.0. The van der Waals surface area contributed by atoms with Gasteiger partial charge in [-0.2, -0.15) is 5.26 Å². The molecular formula is C42H26N4. The number of aromatic nitrogens is 3. The van der Waals surface area contributed by atoms with Crippen molar-refractivity contribution < 1.29 is 0 Å². The molecule has 3 heterocycles. The minimum atomic E-state index is 0.568. The highest BCUT2D eigenvalue weighted by molar-refractivity contribution is 6.26. The molecule has 3 aromatic heterocycles. The molecule has 0 aliphatic rings. The molecule has 9 rings (SSSR count). The number of hydrogen-bond acceptors (Lipinski definition) is 2. The Balaban J connectivity index is 1.30. The second-order valence-corrected chi connectivity index (χ2v) is 11.6. The minimum Gasteiger partial charge on any atom is -0.309 e. The Morgan fingerprint density at radius 1 is 0.500 bits per heavy atom. The molecule has 4 heteroatoms. The zero-order valence-corrected chi connectivity index (χ0v) is 24.8. The van der Waals surface area contributed by atoms with E-state index in [1.54, 1.807) is 12.4 Å². The van der Waals surface area contributed by atoms with Crippen molar-refractivity contribution in [3.8, 4) is 39.7 Å². The van der Waals surface area contributed by atoms with Gasteiger partial charge in [0.25, 0.3) is 0 Å². The molecule has 0 fully saturated rings. The number of nitriles is 1. The first-order valence-electron chi connectivity index (χ1n) is 15.4. The van der Waals surface area contributed by atoms with Gasteiger partial charge in [0.2, 0.25) is 0 Å². The van der Waals surface area contributed by atoms with Crippen LogP contribution in [0.2, 0.25) is 0 Å². The SMILES string of the molecule is N#Cc1cnccc1-c1cccc(-c2cccc(-n3c4ccccc4c4c3ccc3c5ccccc5n(-c5ccccc5)c34)c2)c1. The number of hydrogen-bond donors (Lipinski definition) is 0. The maximum atomic E-state index is 9.68. The van der Waals surface area contributed by atoms with Gasteiger partial charge in [0.1, 0.15) is 6.07 Å². The molecule has 0 aliphatic heterocycles. The summed E-state index contributed by atoms with van der Waals surface area (Å²) >= 11 is 0. The lowest BCUT2D eigenvalue weighted by Gasteiger charge is -2.12. The van der Waals surface area contributed by atoms with Gasteiger partial charge in [-0.05, 0) is 71.3 Å². The third-order valence-corrected chi connectivity index (χ3v) is 9.04. The Kier molecular flexibility index (Phi) is 5.84. The molecule has 0 radical (unpaired) electrons. The van der Waals surface area contributed by atoms with E-state index in [0.717, 1.165) is 44.7 Å². The number of para-hydroxylation sites is 3. The van der Waals surface area contributed by atoms with Crippen LogP contribution in [0.1, 0.15) is 5.56 Å². The van der Waals surface area contributed by atoms with E-state index in [1.807, 2.05) is 12.1 Å². The van der Waals surface area contributed by atoms with E-state index in [-0.39, 0.29) is 0 Å². The van der Waals surface area contributed by atoms with E-state index in [9.17, 15) is 5.26 Å². The first-order valence-corrected chi connectivity index (χ1v) is 15.4. The normalized spacial score (nSPS) is 11.5. The monoisotopic (exact) mass is 586 g/mol. The van der Waals surface area contributed by atoms with Gasteiger partial charge in [-0.25, -0.2) is 0 Å². The summed E-state index contributed by atoms with van der Waals surface area (Å²) in [6.45, 7) is 0. The Morgan fingerprint density at radius 2 is 1.17 bits per heavy atom. The average Bonchev–Trinajstić information content (AvgIpc) is 3.65.